The molecule has 9 aliphatic rings. The van der Waals surface area contributed by atoms with Crippen molar-refractivity contribution >= 4 is 78.4 Å². The van der Waals surface area contributed by atoms with Crippen LogP contribution in [0.15, 0.2) is 73.2 Å². The fraction of sp³-hybridized carbons (Fsp3) is 0.643. The number of benzene rings is 3. The number of aromatic nitrogens is 3. The van der Waals surface area contributed by atoms with E-state index in [4.69, 9.17) is 0 Å². The van der Waals surface area contributed by atoms with E-state index in [0.717, 1.165) is 24.7 Å². The van der Waals surface area contributed by atoms with Gasteiger partial charge in [-0.15, -0.1) is 0 Å². The third-order valence-electron chi connectivity index (χ3n) is 24.3. The molecule has 3 aromatic carbocycles. The summed E-state index contributed by atoms with van der Waals surface area (Å²) in [5.41, 5.74) is 13.8. The molecule has 0 bridgehead atoms. The summed E-state index contributed by atoms with van der Waals surface area (Å²) in [5.74, 6) is 9.83. The number of aryl methyl sites for hydroxylation is 5. The molecule has 429 valence electrons. The summed E-state index contributed by atoms with van der Waals surface area (Å²) in [4.78, 5) is 16.3. The third-order valence-corrected chi connectivity index (χ3v) is 24.3. The van der Waals surface area contributed by atoms with Gasteiger partial charge in [0.2, 0.25) is 0 Å². The Bertz CT molecular complexity index is 3210. The predicted molar refractivity (Wildman–Crippen MR) is 344 cm³/mol. The molecule has 6 fully saturated rings. The topological polar surface area (TPSA) is 83.2 Å². The zero-order chi connectivity index (χ0) is 54.4. The van der Waals surface area contributed by atoms with Gasteiger partial charge >= 0.3 is 49.4 Å². The van der Waals surface area contributed by atoms with Crippen molar-refractivity contribution in [2.75, 3.05) is 0 Å². The number of aliphatic hydroxyl groups is 2. The number of aliphatic hydroxyl groups excluding tert-OH is 2. The fourth-order valence-electron chi connectivity index (χ4n) is 21.3. The summed E-state index contributed by atoms with van der Waals surface area (Å²) in [7, 11) is 4.92. The molecule has 6 saturated carbocycles. The molecule has 3 N–H and O–H groups in total. The van der Waals surface area contributed by atoms with Crippen LogP contribution in [0.5, 0.6) is 0 Å². The molecule has 9 aliphatic carbocycles. The first kappa shape index (κ1) is 60.1. The minimum atomic E-state index is -0.112. The summed E-state index contributed by atoms with van der Waals surface area (Å²) in [6.45, 7) is 21.0. The standard InChI is InChI=1S/C23H31NO.C23H29NO.C22H29NO.2CH4.2HI.V/c2*1-13-9-19-17-6-5-15-11-20-16(7-8-24(20)4)10-18(15)21(17)14(2)12-23(19,3)22(13)25;1-12-8-18-16-5-4-14-10-19-15(6-7-23-19)9-17(14)20(16)13(2)11-22(18,3)21(12)24;;;;;/h7-8,10-11,13-14,17,19,21-22,25H,5-6,9,12H2,1-4H3;7-8,10-11,13-14,17,19,21H,5-6,9,12H2,1-4H3;6-7,9-10,12-13,16,18,20-21,23-24H,4-5,8,11H2,1-3H3;2*1H4;2*1H;/q;;;;;;;+2/p-2/t13?,14?,17?,19?,21?,22?,23-;13?,14?,17?,19?,21?,23-;12?,13?,16?,18?,20?,21?,22-;;;;;/m000...../s1. The normalized spacial score (nSPS) is 39.8. The molecule has 17 unspecified atom stereocenters. The van der Waals surface area contributed by atoms with Crippen LogP contribution in [0.1, 0.15) is 186 Å². The number of hydrogen-bond acceptors (Lipinski definition) is 3. The SMILES string of the molecule is C.C.CC1CC2C3CCc4cc5c(ccn5C)cc4C3C(C)C[C@]2(C)C1=O.CC1C[C@]2(C)C(O)C(C)CC2C2CCc3cc4[nH]ccc4cc3C12.CC1C[C@]2(C)C(O)C(C)CC2C2CCc3cc4c(ccn4C)cc3C12.[I][V][I]. The monoisotopic (exact) mass is 1330 g/mol. The van der Waals surface area contributed by atoms with Crippen molar-refractivity contribution < 1.29 is 24.5 Å². The van der Waals surface area contributed by atoms with Gasteiger partial charge < -0.3 is 24.3 Å². The van der Waals surface area contributed by atoms with Crippen LogP contribution in [0, 0.1) is 87.3 Å². The number of carbonyl (C=O) groups excluding carboxylic acids is 1. The van der Waals surface area contributed by atoms with Gasteiger partial charge in [0, 0.05) is 60.6 Å². The summed E-state index contributed by atoms with van der Waals surface area (Å²) < 4.78 is 4.48. The Morgan fingerprint density at radius 2 is 0.962 bits per heavy atom. The number of Topliss-reactive ketones (excluding diaryl/α,β-unsaturated/α-hetero) is 1. The first-order chi connectivity index (χ1) is 36.7. The zero-order valence-electron chi connectivity index (χ0n) is 48.1. The van der Waals surface area contributed by atoms with Crippen molar-refractivity contribution in [1.82, 2.24) is 14.1 Å². The van der Waals surface area contributed by atoms with E-state index in [0.29, 0.717) is 86.3 Å². The Kier molecular flexibility index (Phi) is 17.0. The van der Waals surface area contributed by atoms with Crippen LogP contribution in [-0.4, -0.2) is 42.3 Å². The van der Waals surface area contributed by atoms with Crippen LogP contribution in [0.25, 0.3) is 32.7 Å². The van der Waals surface area contributed by atoms with E-state index in [2.05, 4.69) is 204 Å². The van der Waals surface area contributed by atoms with Crippen molar-refractivity contribution in [1.29, 1.82) is 0 Å². The number of aromatic amines is 1. The second kappa shape index (κ2) is 22.4. The van der Waals surface area contributed by atoms with Crippen LogP contribution in [0.4, 0.5) is 0 Å². The van der Waals surface area contributed by atoms with Gasteiger partial charge in [-0.2, -0.15) is 0 Å². The molecular formula is C70H97I2N3O3V. The van der Waals surface area contributed by atoms with Crippen LogP contribution in [0.3, 0.4) is 0 Å². The van der Waals surface area contributed by atoms with Gasteiger partial charge in [-0.25, -0.2) is 0 Å². The Balaban J connectivity index is 0.000000129. The number of nitrogens with one attached hydrogen (secondary N) is 1. The number of H-pyrrole nitrogens is 1. The molecule has 0 amide bonds. The Morgan fingerprint density at radius 1 is 0.557 bits per heavy atom. The number of rotatable bonds is 0. The van der Waals surface area contributed by atoms with Crippen molar-refractivity contribution in [2.45, 2.75) is 184 Å². The van der Waals surface area contributed by atoms with Gasteiger partial charge in [-0.1, -0.05) is 77.2 Å². The first-order valence-electron chi connectivity index (χ1n) is 30.3. The quantitative estimate of drug-likeness (QED) is 0.133. The molecular weight excluding hydrogens is 1240 g/mol. The number of fused-ring (bicyclic) bond motifs is 18. The van der Waals surface area contributed by atoms with Gasteiger partial charge in [0.1, 0.15) is 5.78 Å². The van der Waals surface area contributed by atoms with E-state index in [-0.39, 0.29) is 49.2 Å². The summed E-state index contributed by atoms with van der Waals surface area (Å²) in [6, 6.07) is 21.4. The molecule has 3 aromatic heterocycles. The van der Waals surface area contributed by atoms with Crippen LogP contribution in [-0.2, 0) is 47.6 Å². The first-order valence-corrected chi connectivity index (χ1v) is 39.3. The number of nitrogens with zero attached hydrogens (tertiary/aromatic N) is 2. The zero-order valence-corrected chi connectivity index (χ0v) is 53.8. The van der Waals surface area contributed by atoms with Crippen molar-refractivity contribution in [3.63, 3.8) is 0 Å². The number of carbonyl (C=O) groups is 1. The second-order valence-corrected chi connectivity index (χ2v) is 40.3. The molecule has 6 nitrogen and oxygen atoms in total. The van der Waals surface area contributed by atoms with E-state index in [9.17, 15) is 15.0 Å². The fourth-order valence-corrected chi connectivity index (χ4v) is 21.3. The molecule has 15 rings (SSSR count). The molecule has 0 spiro atoms. The number of ketones is 1. The number of hydrogen-bond donors (Lipinski definition) is 3. The van der Waals surface area contributed by atoms with Gasteiger partial charge in [-0.3, -0.25) is 4.79 Å². The van der Waals surface area contributed by atoms with E-state index in [1.807, 2.05) is 0 Å². The molecule has 20 atom stereocenters. The van der Waals surface area contributed by atoms with Crippen LogP contribution < -0.4 is 0 Å². The van der Waals surface area contributed by atoms with E-state index in [1.165, 1.54) is 96.9 Å². The second-order valence-electron chi connectivity index (χ2n) is 28.5. The molecule has 79 heavy (non-hydrogen) atoms. The molecule has 3 heterocycles. The van der Waals surface area contributed by atoms with Crippen LogP contribution in [0.2, 0.25) is 0 Å². The summed E-state index contributed by atoms with van der Waals surface area (Å²) in [6.07, 6.45) is 20.6. The Labute approximate surface area is 504 Å². The maximum atomic E-state index is 12.9. The molecule has 6 aromatic rings. The molecule has 0 aliphatic heterocycles. The van der Waals surface area contributed by atoms with Crippen LogP contribution >= 0.6 is 40.0 Å². The Hall–Kier alpha value is -2.09. The molecule has 9 heteroatoms. The van der Waals surface area contributed by atoms with Gasteiger partial charge in [-0.05, 0) is 275 Å². The van der Waals surface area contributed by atoms with E-state index >= 15 is 0 Å². The average molecular weight is 1330 g/mol. The maximum absolute atomic E-state index is 12.9. The van der Waals surface area contributed by atoms with Crippen molar-refractivity contribution in [2.24, 2.45) is 101 Å². The predicted octanol–water partition coefficient (Wildman–Crippen LogP) is 17.9. The van der Waals surface area contributed by atoms with Crippen molar-refractivity contribution in [3.05, 3.63) is 107 Å². The van der Waals surface area contributed by atoms with Gasteiger partial charge in [0.25, 0.3) is 0 Å². The minimum absolute atomic E-state index is 0. The summed E-state index contributed by atoms with van der Waals surface area (Å²) in [5, 5.41) is 25.9. The summed E-state index contributed by atoms with van der Waals surface area (Å²) >= 11 is 4.74. The number of halogens is 2. The van der Waals surface area contributed by atoms with Gasteiger partial charge in [0.05, 0.1) is 12.2 Å². The molecule has 0 radical (unpaired) electrons. The molecule has 0 saturated heterocycles. The van der Waals surface area contributed by atoms with E-state index in [1.54, 1.807) is 33.4 Å². The van der Waals surface area contributed by atoms with Crippen molar-refractivity contribution in [3.8, 4) is 0 Å². The third kappa shape index (κ3) is 9.59. The average Bonchev–Trinajstić information content (AvgIpc) is 4.32. The van der Waals surface area contributed by atoms with Gasteiger partial charge in [0.15, 0.2) is 0 Å². The Morgan fingerprint density at radius 3 is 1.42 bits per heavy atom. The van der Waals surface area contributed by atoms with E-state index < -0.39 is 0 Å².